The largest absolute Gasteiger partial charge is 0.395 e. The lowest BCUT2D eigenvalue weighted by Crippen LogP contribution is -2.44. The number of nitrogens with two attached hydrogens (primary N) is 2. The lowest BCUT2D eigenvalue weighted by Gasteiger charge is -2.32. The number of hydrogen-bond acceptors (Lipinski definition) is 4. The predicted octanol–water partition coefficient (Wildman–Crippen LogP) is 0.0748. The highest BCUT2D eigenvalue weighted by Gasteiger charge is 2.27. The Bertz CT molecular complexity index is 527. The molecule has 6 N–H and O–H groups in total. The van der Waals surface area contributed by atoms with Crippen LogP contribution in [0.15, 0.2) is 0 Å². The van der Waals surface area contributed by atoms with E-state index in [-0.39, 0.29) is 17.5 Å². The molecule has 1 aliphatic rings. The highest BCUT2D eigenvalue weighted by Crippen LogP contribution is 2.21. The van der Waals surface area contributed by atoms with Crippen LogP contribution in [0.25, 0.3) is 0 Å². The molecule has 0 saturated carbocycles. The van der Waals surface area contributed by atoms with Crippen molar-refractivity contribution in [3.63, 3.8) is 0 Å². The molecule has 1 saturated heterocycles. The van der Waals surface area contributed by atoms with Crippen LogP contribution in [0.5, 0.6) is 0 Å². The molecule has 2 rings (SSSR count). The van der Waals surface area contributed by atoms with E-state index in [2.05, 4.69) is 15.5 Å². The van der Waals surface area contributed by atoms with Crippen LogP contribution in [0.2, 0.25) is 0 Å². The first kappa shape index (κ1) is 15.1. The summed E-state index contributed by atoms with van der Waals surface area (Å²) in [5.74, 6) is 0.0493. The molecule has 0 spiro atoms. The Balaban J connectivity index is 2.01. The molecular formula is C13H22N6O2. The second-order valence-corrected chi connectivity index (χ2v) is 5.32. The molecule has 1 aromatic rings. The monoisotopic (exact) mass is 294 g/mol. The number of carbonyl (C=O) groups excluding carboxylic acids is 2. The van der Waals surface area contributed by atoms with Gasteiger partial charge in [-0.15, -0.1) is 0 Å². The molecule has 1 unspecified atom stereocenters. The highest BCUT2D eigenvalue weighted by molar-refractivity contribution is 5.97. The van der Waals surface area contributed by atoms with Crippen LogP contribution in [0, 0.1) is 5.92 Å². The number of piperidine rings is 1. The first-order chi connectivity index (χ1) is 10.0. The molecule has 21 heavy (non-hydrogen) atoms. The topological polar surface area (TPSA) is 130 Å². The fourth-order valence-electron chi connectivity index (χ4n) is 2.63. The summed E-state index contributed by atoms with van der Waals surface area (Å²) in [5.41, 5.74) is 12.5. The van der Waals surface area contributed by atoms with Crippen LogP contribution in [0.4, 0.5) is 10.5 Å². The van der Waals surface area contributed by atoms with Crippen LogP contribution >= 0.6 is 0 Å². The maximum Gasteiger partial charge on any atom is 0.312 e. The average Bonchev–Trinajstić information content (AvgIpc) is 2.85. The maximum atomic E-state index is 12.5. The van der Waals surface area contributed by atoms with Crippen molar-refractivity contribution in [1.82, 2.24) is 20.4 Å². The van der Waals surface area contributed by atoms with Gasteiger partial charge in [-0.2, -0.15) is 5.10 Å². The van der Waals surface area contributed by atoms with Crippen molar-refractivity contribution in [3.8, 4) is 0 Å². The van der Waals surface area contributed by atoms with Crippen molar-refractivity contribution in [2.24, 2.45) is 11.7 Å². The first-order valence-electron chi connectivity index (χ1n) is 7.18. The average molecular weight is 294 g/mol. The molecule has 8 heteroatoms. The number of aryl methyl sites for hydroxylation is 1. The molecule has 8 nitrogen and oxygen atoms in total. The van der Waals surface area contributed by atoms with E-state index >= 15 is 0 Å². The number of H-pyrrole nitrogens is 1. The van der Waals surface area contributed by atoms with E-state index in [4.69, 9.17) is 11.5 Å². The van der Waals surface area contributed by atoms with E-state index in [0.717, 1.165) is 18.5 Å². The number of amides is 3. The van der Waals surface area contributed by atoms with E-state index in [1.54, 1.807) is 4.90 Å². The van der Waals surface area contributed by atoms with Gasteiger partial charge in [0.25, 0.3) is 5.91 Å². The normalized spacial score (nSPS) is 18.5. The summed E-state index contributed by atoms with van der Waals surface area (Å²) in [5, 5.41) is 9.42. The zero-order valence-electron chi connectivity index (χ0n) is 12.2. The Morgan fingerprint density at radius 1 is 1.52 bits per heavy atom. The molecule has 0 aliphatic carbocycles. The fraction of sp³-hybridized carbons (Fsp3) is 0.615. The standard InChI is InChI=1S/C13H22N6O2/c1-2-9-10(14)11(18-17-9)12(20)19-5-3-4-8(7-19)6-16-13(15)21/h8H,2-7,14H2,1H3,(H,17,18)(H3,15,16,21). The summed E-state index contributed by atoms with van der Waals surface area (Å²) in [6.07, 6.45) is 2.55. The molecular weight excluding hydrogens is 272 g/mol. The molecule has 1 atom stereocenters. The summed E-state index contributed by atoms with van der Waals surface area (Å²) in [7, 11) is 0. The Morgan fingerprint density at radius 3 is 2.90 bits per heavy atom. The number of nitrogens with one attached hydrogen (secondary N) is 2. The molecule has 0 bridgehead atoms. The van der Waals surface area contributed by atoms with Gasteiger partial charge in [-0.25, -0.2) is 4.79 Å². The van der Waals surface area contributed by atoms with E-state index < -0.39 is 6.03 Å². The maximum absolute atomic E-state index is 12.5. The number of rotatable bonds is 4. The number of anilines is 1. The van der Waals surface area contributed by atoms with Gasteiger partial charge in [0.15, 0.2) is 5.69 Å². The van der Waals surface area contributed by atoms with Gasteiger partial charge in [-0.1, -0.05) is 6.92 Å². The number of primary amides is 1. The molecule has 2 heterocycles. The van der Waals surface area contributed by atoms with Crippen molar-refractivity contribution in [2.45, 2.75) is 26.2 Å². The van der Waals surface area contributed by atoms with Gasteiger partial charge in [-0.05, 0) is 25.2 Å². The van der Waals surface area contributed by atoms with Gasteiger partial charge < -0.3 is 21.7 Å². The van der Waals surface area contributed by atoms with Crippen molar-refractivity contribution < 1.29 is 9.59 Å². The number of nitrogens with zero attached hydrogens (tertiary/aromatic N) is 2. The summed E-state index contributed by atoms with van der Waals surface area (Å²) in [4.78, 5) is 25.0. The summed E-state index contributed by atoms with van der Waals surface area (Å²) in [6, 6.07) is -0.539. The van der Waals surface area contributed by atoms with Gasteiger partial charge in [0.2, 0.25) is 0 Å². The van der Waals surface area contributed by atoms with Gasteiger partial charge in [0.1, 0.15) is 0 Å². The Labute approximate surface area is 123 Å². The molecule has 3 amide bonds. The van der Waals surface area contributed by atoms with Crippen LogP contribution in [0.3, 0.4) is 0 Å². The minimum atomic E-state index is -0.539. The molecule has 0 radical (unpaired) electrons. The number of nitrogen functional groups attached to an aromatic ring is 1. The number of likely N-dealkylation sites (tertiary alicyclic amines) is 1. The molecule has 116 valence electrons. The second-order valence-electron chi connectivity index (χ2n) is 5.32. The fourth-order valence-corrected chi connectivity index (χ4v) is 2.63. The lowest BCUT2D eigenvalue weighted by atomic mass is 9.97. The second kappa shape index (κ2) is 6.47. The van der Waals surface area contributed by atoms with E-state index in [1.807, 2.05) is 6.92 Å². The third-order valence-electron chi connectivity index (χ3n) is 3.81. The number of aromatic nitrogens is 2. The third-order valence-corrected chi connectivity index (χ3v) is 3.81. The van der Waals surface area contributed by atoms with Crippen LogP contribution in [-0.2, 0) is 6.42 Å². The van der Waals surface area contributed by atoms with Gasteiger partial charge in [0.05, 0.1) is 11.4 Å². The minimum absolute atomic E-state index is 0.160. The van der Waals surface area contributed by atoms with E-state index in [1.165, 1.54) is 0 Å². The third kappa shape index (κ3) is 3.45. The quantitative estimate of drug-likeness (QED) is 0.626. The van der Waals surface area contributed by atoms with Crippen molar-refractivity contribution in [2.75, 3.05) is 25.4 Å². The van der Waals surface area contributed by atoms with Crippen molar-refractivity contribution in [1.29, 1.82) is 0 Å². The molecule has 1 aromatic heterocycles. The first-order valence-corrected chi connectivity index (χ1v) is 7.18. The van der Waals surface area contributed by atoms with Crippen molar-refractivity contribution >= 4 is 17.6 Å². The molecule has 0 aromatic carbocycles. The van der Waals surface area contributed by atoms with Crippen LogP contribution in [-0.4, -0.2) is 46.7 Å². The molecule has 1 aliphatic heterocycles. The highest BCUT2D eigenvalue weighted by atomic mass is 16.2. The zero-order chi connectivity index (χ0) is 15.4. The van der Waals surface area contributed by atoms with Gasteiger partial charge in [0, 0.05) is 19.6 Å². The predicted molar refractivity (Wildman–Crippen MR) is 78.6 cm³/mol. The summed E-state index contributed by atoms with van der Waals surface area (Å²) < 4.78 is 0. The van der Waals surface area contributed by atoms with Crippen LogP contribution in [0.1, 0.15) is 35.9 Å². The van der Waals surface area contributed by atoms with Gasteiger partial charge in [-0.3, -0.25) is 9.89 Å². The Kier molecular flexibility index (Phi) is 4.66. The molecule has 1 fully saturated rings. The van der Waals surface area contributed by atoms with E-state index in [0.29, 0.717) is 31.7 Å². The number of hydrogen-bond donors (Lipinski definition) is 4. The Morgan fingerprint density at radius 2 is 2.29 bits per heavy atom. The lowest BCUT2D eigenvalue weighted by molar-refractivity contribution is 0.0670. The number of carbonyl (C=O) groups is 2. The number of urea groups is 1. The zero-order valence-corrected chi connectivity index (χ0v) is 12.2. The summed E-state index contributed by atoms with van der Waals surface area (Å²) in [6.45, 7) is 3.69. The number of aromatic amines is 1. The van der Waals surface area contributed by atoms with Gasteiger partial charge >= 0.3 is 6.03 Å². The SMILES string of the molecule is CCc1[nH]nc(C(=O)N2CCCC(CNC(N)=O)C2)c1N. The Hall–Kier alpha value is -2.25. The van der Waals surface area contributed by atoms with Crippen molar-refractivity contribution in [3.05, 3.63) is 11.4 Å². The minimum Gasteiger partial charge on any atom is -0.395 e. The van der Waals surface area contributed by atoms with E-state index in [9.17, 15) is 9.59 Å². The smallest absolute Gasteiger partial charge is 0.312 e. The van der Waals surface area contributed by atoms with Crippen LogP contribution < -0.4 is 16.8 Å². The summed E-state index contributed by atoms with van der Waals surface area (Å²) >= 11 is 0.